The number of hydrogen-bond acceptors (Lipinski definition) is 4. The van der Waals surface area contributed by atoms with E-state index in [-0.39, 0.29) is 12.1 Å². The van der Waals surface area contributed by atoms with Crippen LogP contribution in [0.15, 0.2) is 21.2 Å². The van der Waals surface area contributed by atoms with Crippen LogP contribution >= 0.6 is 15.9 Å². The second-order valence-electron chi connectivity index (χ2n) is 4.48. The lowest BCUT2D eigenvalue weighted by Crippen LogP contribution is -2.42. The van der Waals surface area contributed by atoms with E-state index in [9.17, 15) is 0 Å². The smallest absolute Gasteiger partial charge is 0.136 e. The molecule has 0 amide bonds. The lowest BCUT2D eigenvalue weighted by molar-refractivity contribution is 0.0640. The standard InChI is InChI=1S/C12H19BrN2O2/c1-8-10(4-6-16-8)15(2)11(7-14)12-9(13)3-5-17-12/h3,5,8,10-11H,4,6-7,14H2,1-2H3. The minimum Gasteiger partial charge on any atom is -0.466 e. The van der Waals surface area contributed by atoms with Gasteiger partial charge in [0, 0.05) is 19.2 Å². The molecular formula is C12H19BrN2O2. The number of nitrogens with zero attached hydrogens (tertiary/aromatic N) is 1. The third-order valence-corrected chi connectivity index (χ3v) is 4.18. The Morgan fingerprint density at radius 1 is 1.65 bits per heavy atom. The van der Waals surface area contributed by atoms with Crippen molar-refractivity contribution in [1.82, 2.24) is 4.90 Å². The van der Waals surface area contributed by atoms with Crippen molar-refractivity contribution in [2.45, 2.75) is 31.5 Å². The zero-order valence-corrected chi connectivity index (χ0v) is 11.8. The van der Waals surface area contributed by atoms with Crippen LogP contribution in [-0.2, 0) is 4.74 Å². The predicted octanol–water partition coefficient (Wildman–Crippen LogP) is 2.15. The van der Waals surface area contributed by atoms with Gasteiger partial charge in [-0.25, -0.2) is 0 Å². The van der Waals surface area contributed by atoms with Crippen molar-refractivity contribution in [1.29, 1.82) is 0 Å². The third kappa shape index (κ3) is 2.57. The quantitative estimate of drug-likeness (QED) is 0.926. The van der Waals surface area contributed by atoms with Gasteiger partial charge in [0.15, 0.2) is 0 Å². The monoisotopic (exact) mass is 302 g/mol. The largest absolute Gasteiger partial charge is 0.466 e. The van der Waals surface area contributed by atoms with Gasteiger partial charge in [-0.3, -0.25) is 4.90 Å². The normalized spacial score (nSPS) is 26.6. The molecule has 1 aliphatic heterocycles. The van der Waals surface area contributed by atoms with E-state index in [1.165, 1.54) is 0 Å². The van der Waals surface area contributed by atoms with Crippen LogP contribution in [0.1, 0.15) is 25.1 Å². The summed E-state index contributed by atoms with van der Waals surface area (Å²) >= 11 is 3.49. The summed E-state index contributed by atoms with van der Waals surface area (Å²) in [5.41, 5.74) is 5.88. The molecule has 1 fully saturated rings. The van der Waals surface area contributed by atoms with Gasteiger partial charge in [0.05, 0.1) is 22.9 Å². The first-order valence-corrected chi connectivity index (χ1v) is 6.71. The van der Waals surface area contributed by atoms with E-state index in [4.69, 9.17) is 14.9 Å². The van der Waals surface area contributed by atoms with Crippen LogP contribution in [0.5, 0.6) is 0 Å². The van der Waals surface area contributed by atoms with Crippen molar-refractivity contribution in [2.75, 3.05) is 20.2 Å². The SMILES string of the molecule is CC1OCCC1N(C)C(CN)c1occc1Br. The number of furan rings is 1. The Labute approximate surface area is 110 Å². The molecule has 1 aromatic rings. The summed E-state index contributed by atoms with van der Waals surface area (Å²) in [7, 11) is 2.09. The van der Waals surface area contributed by atoms with E-state index < -0.39 is 0 Å². The van der Waals surface area contributed by atoms with Gasteiger partial charge in [0.2, 0.25) is 0 Å². The second-order valence-corrected chi connectivity index (χ2v) is 5.34. The number of hydrogen-bond donors (Lipinski definition) is 1. The molecule has 0 bridgehead atoms. The van der Waals surface area contributed by atoms with Crippen molar-refractivity contribution in [2.24, 2.45) is 5.73 Å². The van der Waals surface area contributed by atoms with E-state index in [0.29, 0.717) is 12.6 Å². The minimum atomic E-state index is 0.0912. The van der Waals surface area contributed by atoms with E-state index in [1.54, 1.807) is 6.26 Å². The number of nitrogens with two attached hydrogens (primary N) is 1. The van der Waals surface area contributed by atoms with Gasteiger partial charge >= 0.3 is 0 Å². The van der Waals surface area contributed by atoms with Crippen LogP contribution in [0.2, 0.25) is 0 Å². The Bertz CT molecular complexity index is 369. The maximum Gasteiger partial charge on any atom is 0.136 e. The molecule has 0 saturated carbocycles. The lowest BCUT2D eigenvalue weighted by atomic mass is 10.1. The number of rotatable bonds is 4. The summed E-state index contributed by atoms with van der Waals surface area (Å²) in [6.45, 7) is 3.47. The van der Waals surface area contributed by atoms with Crippen molar-refractivity contribution in [3.63, 3.8) is 0 Å². The molecule has 1 aliphatic rings. The van der Waals surface area contributed by atoms with Crippen LogP contribution in [0.4, 0.5) is 0 Å². The molecule has 3 unspecified atom stereocenters. The molecule has 0 radical (unpaired) electrons. The van der Waals surface area contributed by atoms with Crippen LogP contribution in [-0.4, -0.2) is 37.2 Å². The first-order chi connectivity index (χ1) is 8.15. The lowest BCUT2D eigenvalue weighted by Gasteiger charge is -2.32. The summed E-state index contributed by atoms with van der Waals surface area (Å²) < 4.78 is 12.1. The fourth-order valence-electron chi connectivity index (χ4n) is 2.49. The highest BCUT2D eigenvalue weighted by atomic mass is 79.9. The second kappa shape index (κ2) is 5.52. The zero-order valence-electron chi connectivity index (χ0n) is 10.2. The minimum absolute atomic E-state index is 0.0912. The molecule has 2 rings (SSSR count). The summed E-state index contributed by atoms with van der Waals surface area (Å²) in [5.74, 6) is 0.897. The third-order valence-electron chi connectivity index (χ3n) is 3.52. The molecule has 0 spiro atoms. The maximum absolute atomic E-state index is 5.88. The van der Waals surface area contributed by atoms with Gasteiger partial charge in [-0.2, -0.15) is 0 Å². The van der Waals surface area contributed by atoms with Gasteiger partial charge < -0.3 is 14.9 Å². The van der Waals surface area contributed by atoms with Crippen molar-refractivity contribution >= 4 is 15.9 Å². The van der Waals surface area contributed by atoms with E-state index >= 15 is 0 Å². The van der Waals surface area contributed by atoms with Crippen molar-refractivity contribution in [3.8, 4) is 0 Å². The molecule has 0 aromatic carbocycles. The summed E-state index contributed by atoms with van der Waals surface area (Å²) in [5, 5.41) is 0. The number of halogens is 1. The fraction of sp³-hybridized carbons (Fsp3) is 0.667. The molecule has 96 valence electrons. The molecule has 1 aromatic heterocycles. The van der Waals surface area contributed by atoms with Gasteiger partial charge in [0.25, 0.3) is 0 Å². The van der Waals surface area contributed by atoms with Crippen LogP contribution in [0.3, 0.4) is 0 Å². The summed E-state index contributed by atoms with van der Waals surface area (Å²) in [4.78, 5) is 2.27. The van der Waals surface area contributed by atoms with E-state index in [1.807, 2.05) is 6.07 Å². The highest BCUT2D eigenvalue weighted by Gasteiger charge is 2.33. The summed E-state index contributed by atoms with van der Waals surface area (Å²) in [6, 6.07) is 2.40. The Morgan fingerprint density at radius 2 is 2.41 bits per heavy atom. The molecule has 2 heterocycles. The van der Waals surface area contributed by atoms with E-state index in [0.717, 1.165) is 23.3 Å². The van der Waals surface area contributed by atoms with Gasteiger partial charge in [-0.1, -0.05) is 0 Å². The maximum atomic E-state index is 5.88. The Morgan fingerprint density at radius 3 is 2.88 bits per heavy atom. The molecule has 1 saturated heterocycles. The molecule has 0 aliphatic carbocycles. The van der Waals surface area contributed by atoms with Crippen molar-refractivity contribution in [3.05, 3.63) is 22.6 Å². The van der Waals surface area contributed by atoms with Crippen LogP contribution in [0, 0.1) is 0 Å². The number of ether oxygens (including phenoxy) is 1. The van der Waals surface area contributed by atoms with Gasteiger partial charge in [0.1, 0.15) is 5.76 Å². The van der Waals surface area contributed by atoms with Crippen LogP contribution in [0.25, 0.3) is 0 Å². The highest BCUT2D eigenvalue weighted by molar-refractivity contribution is 9.10. The topological polar surface area (TPSA) is 51.6 Å². The first kappa shape index (κ1) is 13.1. The average Bonchev–Trinajstić information content (AvgIpc) is 2.89. The van der Waals surface area contributed by atoms with Crippen LogP contribution < -0.4 is 5.73 Å². The van der Waals surface area contributed by atoms with Gasteiger partial charge in [-0.15, -0.1) is 0 Å². The molecular weight excluding hydrogens is 284 g/mol. The summed E-state index contributed by atoms with van der Waals surface area (Å²) in [6.07, 6.45) is 2.99. The van der Waals surface area contributed by atoms with Gasteiger partial charge in [-0.05, 0) is 42.4 Å². The predicted molar refractivity (Wildman–Crippen MR) is 69.8 cm³/mol. The fourth-order valence-corrected chi connectivity index (χ4v) is 2.95. The Balaban J connectivity index is 2.15. The molecule has 17 heavy (non-hydrogen) atoms. The first-order valence-electron chi connectivity index (χ1n) is 5.91. The Hall–Kier alpha value is -0.360. The van der Waals surface area contributed by atoms with E-state index in [2.05, 4.69) is 34.8 Å². The highest BCUT2D eigenvalue weighted by Crippen LogP contribution is 2.31. The zero-order chi connectivity index (χ0) is 12.4. The molecule has 3 atom stereocenters. The Kier molecular flexibility index (Phi) is 4.25. The van der Waals surface area contributed by atoms with Crippen molar-refractivity contribution < 1.29 is 9.15 Å². The molecule has 2 N–H and O–H groups in total. The average molecular weight is 303 g/mol. The number of likely N-dealkylation sites (N-methyl/N-ethyl adjacent to an activating group) is 1. The molecule has 5 heteroatoms. The molecule has 4 nitrogen and oxygen atoms in total.